The Bertz CT molecular complexity index is 1350. The minimum absolute atomic E-state index is 0.130. The molecule has 0 aliphatic heterocycles. The van der Waals surface area contributed by atoms with Crippen molar-refractivity contribution in [1.82, 2.24) is 0 Å². The van der Waals surface area contributed by atoms with Crippen LogP contribution in [0.2, 0.25) is 5.02 Å². The lowest BCUT2D eigenvalue weighted by Gasteiger charge is -2.05. The minimum atomic E-state index is -0.732. The maximum absolute atomic E-state index is 11.7. The van der Waals surface area contributed by atoms with Crippen molar-refractivity contribution in [3.05, 3.63) is 101 Å². The van der Waals surface area contributed by atoms with Gasteiger partial charge in [-0.15, -0.1) is 0 Å². The van der Waals surface area contributed by atoms with Crippen LogP contribution in [0.1, 0.15) is 16.7 Å². The lowest BCUT2D eigenvalue weighted by Crippen LogP contribution is -2.01. The van der Waals surface area contributed by atoms with E-state index in [0.29, 0.717) is 21.8 Å². The summed E-state index contributed by atoms with van der Waals surface area (Å²) in [5, 5.41) is 34.9. The van der Waals surface area contributed by atoms with Crippen LogP contribution in [0.15, 0.2) is 53.5 Å². The van der Waals surface area contributed by atoms with Gasteiger partial charge in [0.05, 0.1) is 37.8 Å². The van der Waals surface area contributed by atoms with Crippen LogP contribution >= 0.6 is 11.6 Å². The van der Waals surface area contributed by atoms with Crippen molar-refractivity contribution in [3.63, 3.8) is 0 Å². The number of non-ortho nitro benzene ring substituents is 2. The summed E-state index contributed by atoms with van der Waals surface area (Å²) in [5.74, 6) is 0. The molecule has 0 saturated carbocycles. The Labute approximate surface area is 178 Å². The molecule has 31 heavy (non-hydrogen) atoms. The van der Waals surface area contributed by atoms with Gasteiger partial charge >= 0.3 is 0 Å². The Hall–Kier alpha value is -4.18. The zero-order valence-corrected chi connectivity index (χ0v) is 16.5. The minimum Gasteiger partial charge on any atom is -0.258 e. The summed E-state index contributed by atoms with van der Waals surface area (Å²) in [5.41, 5.74) is 1.06. The van der Waals surface area contributed by atoms with Crippen molar-refractivity contribution in [2.24, 2.45) is 4.99 Å². The summed E-state index contributed by atoms with van der Waals surface area (Å²) < 4.78 is 0. The van der Waals surface area contributed by atoms with Crippen LogP contribution in [0.3, 0.4) is 0 Å². The maximum Gasteiger partial charge on any atom is 0.284 e. The van der Waals surface area contributed by atoms with E-state index in [1.807, 2.05) is 0 Å². The van der Waals surface area contributed by atoms with Crippen LogP contribution in [-0.4, -0.2) is 20.5 Å². The van der Waals surface area contributed by atoms with Crippen LogP contribution in [0.4, 0.5) is 22.7 Å². The SMILES string of the molecule is Cc1cc(Cl)ccc1N=C1c2cc([N+](=O)[O-])ccc2-c2c1cc([N+](=O)[O-])cc2[N+](=O)[O-]. The Morgan fingerprint density at radius 1 is 0.774 bits per heavy atom. The largest absolute Gasteiger partial charge is 0.284 e. The molecule has 0 unspecified atom stereocenters. The van der Waals surface area contributed by atoms with E-state index in [2.05, 4.69) is 4.99 Å². The summed E-state index contributed by atoms with van der Waals surface area (Å²) >= 11 is 5.99. The molecule has 0 fully saturated rings. The van der Waals surface area contributed by atoms with Gasteiger partial charge in [-0.2, -0.15) is 0 Å². The van der Waals surface area contributed by atoms with Gasteiger partial charge in [0.2, 0.25) is 0 Å². The molecule has 3 aromatic rings. The van der Waals surface area contributed by atoms with Crippen molar-refractivity contribution in [2.45, 2.75) is 6.92 Å². The van der Waals surface area contributed by atoms with Crippen molar-refractivity contribution in [1.29, 1.82) is 0 Å². The molecule has 0 radical (unpaired) electrons. The van der Waals surface area contributed by atoms with Gasteiger partial charge in [0.25, 0.3) is 17.1 Å². The molecule has 0 atom stereocenters. The number of nitrogens with zero attached hydrogens (tertiary/aromatic N) is 4. The van der Waals surface area contributed by atoms with E-state index in [4.69, 9.17) is 11.6 Å². The molecule has 1 aliphatic rings. The van der Waals surface area contributed by atoms with Crippen molar-refractivity contribution in [2.75, 3.05) is 0 Å². The Balaban J connectivity index is 2.10. The van der Waals surface area contributed by atoms with Gasteiger partial charge in [-0.25, -0.2) is 4.99 Å². The summed E-state index contributed by atoms with van der Waals surface area (Å²) in [6.07, 6.45) is 0. The van der Waals surface area contributed by atoms with Crippen LogP contribution in [0, 0.1) is 37.3 Å². The predicted molar refractivity (Wildman–Crippen MR) is 113 cm³/mol. The fourth-order valence-electron chi connectivity index (χ4n) is 3.52. The molecule has 0 heterocycles. The van der Waals surface area contributed by atoms with Gasteiger partial charge in [-0.1, -0.05) is 11.6 Å². The number of halogens is 1. The number of rotatable bonds is 4. The lowest BCUT2D eigenvalue weighted by molar-refractivity contribution is -0.393. The van der Waals surface area contributed by atoms with Gasteiger partial charge < -0.3 is 0 Å². The number of aryl methyl sites for hydroxylation is 1. The number of benzene rings is 3. The highest BCUT2D eigenvalue weighted by atomic mass is 35.5. The second-order valence-corrected chi connectivity index (χ2v) is 7.22. The van der Waals surface area contributed by atoms with E-state index in [1.165, 1.54) is 24.3 Å². The number of aliphatic imine (C=N–C) groups is 1. The number of fused-ring (bicyclic) bond motifs is 3. The average molecular weight is 439 g/mol. The first-order chi connectivity index (χ1) is 14.7. The summed E-state index contributed by atoms with van der Waals surface area (Å²) in [4.78, 5) is 36.9. The molecule has 0 aromatic heterocycles. The Morgan fingerprint density at radius 2 is 1.45 bits per heavy atom. The maximum atomic E-state index is 11.7. The molecule has 10 nitrogen and oxygen atoms in total. The van der Waals surface area contributed by atoms with Gasteiger partial charge in [0.1, 0.15) is 0 Å². The predicted octanol–water partition coefficient (Wildman–Crippen LogP) is 5.52. The van der Waals surface area contributed by atoms with Crippen LogP contribution in [0.5, 0.6) is 0 Å². The van der Waals surface area contributed by atoms with Crippen LogP contribution < -0.4 is 0 Å². The van der Waals surface area contributed by atoms with Crippen LogP contribution in [-0.2, 0) is 0 Å². The fraction of sp³-hybridized carbons (Fsp3) is 0.0500. The summed E-state index contributed by atoms with van der Waals surface area (Å²) in [7, 11) is 0. The van der Waals surface area contributed by atoms with Crippen LogP contribution in [0.25, 0.3) is 11.1 Å². The fourth-order valence-corrected chi connectivity index (χ4v) is 3.75. The zero-order chi connectivity index (χ0) is 22.4. The highest BCUT2D eigenvalue weighted by Gasteiger charge is 2.36. The third-order valence-corrected chi connectivity index (χ3v) is 5.13. The average Bonchev–Trinajstić information content (AvgIpc) is 3.02. The molecule has 11 heteroatoms. The quantitative estimate of drug-likeness (QED) is 0.303. The molecule has 0 bridgehead atoms. The first-order valence-electron chi connectivity index (χ1n) is 8.78. The summed E-state index contributed by atoms with van der Waals surface area (Å²) in [6, 6.07) is 10.8. The molecule has 0 N–H and O–H groups in total. The molecule has 3 aromatic carbocycles. The van der Waals surface area contributed by atoms with Gasteiger partial charge in [-0.05, 0) is 42.3 Å². The normalized spacial score (nSPS) is 13.0. The molecule has 4 rings (SSSR count). The Morgan fingerprint density at radius 3 is 2.06 bits per heavy atom. The second-order valence-electron chi connectivity index (χ2n) is 6.78. The molecule has 0 spiro atoms. The van der Waals surface area contributed by atoms with E-state index in [9.17, 15) is 30.3 Å². The van der Waals surface area contributed by atoms with Gasteiger partial charge in [-0.3, -0.25) is 30.3 Å². The first-order valence-corrected chi connectivity index (χ1v) is 9.16. The standard InChI is InChI=1S/C20H11ClN4O6/c1-10-6-11(21)2-5-17(10)22-20-15-7-12(23(26)27)3-4-14(15)19-16(20)8-13(24(28)29)9-18(19)25(30)31/h2-9H,1H3. The number of hydrogen-bond acceptors (Lipinski definition) is 7. The second kappa shape index (κ2) is 7.26. The highest BCUT2D eigenvalue weighted by Crippen LogP contribution is 2.46. The van der Waals surface area contributed by atoms with Gasteiger partial charge in [0.15, 0.2) is 0 Å². The monoisotopic (exact) mass is 438 g/mol. The molecular weight excluding hydrogens is 428 g/mol. The third-order valence-electron chi connectivity index (χ3n) is 4.89. The molecule has 1 aliphatic carbocycles. The topological polar surface area (TPSA) is 142 Å². The molecular formula is C20H11ClN4O6. The summed E-state index contributed by atoms with van der Waals surface area (Å²) in [6.45, 7) is 1.76. The van der Waals surface area contributed by atoms with E-state index >= 15 is 0 Å². The third kappa shape index (κ3) is 3.38. The molecule has 0 amide bonds. The number of nitro groups is 3. The number of hydrogen-bond donors (Lipinski definition) is 0. The lowest BCUT2D eigenvalue weighted by atomic mass is 10.0. The van der Waals surface area contributed by atoms with Crippen molar-refractivity contribution in [3.8, 4) is 11.1 Å². The highest BCUT2D eigenvalue weighted by molar-refractivity contribution is 6.31. The van der Waals surface area contributed by atoms with Crippen molar-refractivity contribution < 1.29 is 14.8 Å². The van der Waals surface area contributed by atoms with E-state index in [1.54, 1.807) is 25.1 Å². The smallest absolute Gasteiger partial charge is 0.258 e. The zero-order valence-electron chi connectivity index (χ0n) is 15.7. The molecule has 154 valence electrons. The van der Waals surface area contributed by atoms with Gasteiger partial charge in [0, 0.05) is 34.3 Å². The molecule has 0 saturated heterocycles. The van der Waals surface area contributed by atoms with E-state index in [0.717, 1.165) is 6.07 Å². The number of nitro benzene ring substituents is 3. The van der Waals surface area contributed by atoms with Crippen molar-refractivity contribution >= 4 is 40.1 Å². The Kier molecular flexibility index (Phi) is 4.71. The van der Waals surface area contributed by atoms with E-state index < -0.39 is 26.1 Å². The van der Waals surface area contributed by atoms with E-state index in [-0.39, 0.29) is 28.1 Å². The first kappa shape index (κ1) is 20.1.